The van der Waals surface area contributed by atoms with Gasteiger partial charge in [-0.1, -0.05) is 12.1 Å². The number of methoxy groups -OCH3 is 1. The number of Topliss-reactive ketones (excluding diaryl/α,β-unsaturated/α-hetero) is 1. The molecule has 1 N–H and O–H groups in total. The van der Waals surface area contributed by atoms with Gasteiger partial charge in [0.15, 0.2) is 0 Å². The number of amides is 1. The van der Waals surface area contributed by atoms with Crippen molar-refractivity contribution in [1.82, 2.24) is 9.80 Å². The molecule has 3 rings (SSSR count). The molecular weight excluding hydrogens is 420 g/mol. The van der Waals surface area contributed by atoms with E-state index in [-0.39, 0.29) is 11.3 Å². The summed E-state index contributed by atoms with van der Waals surface area (Å²) >= 11 is 0. The quantitative estimate of drug-likeness (QED) is 0.354. The van der Waals surface area contributed by atoms with Crippen molar-refractivity contribution >= 4 is 17.4 Å². The van der Waals surface area contributed by atoms with Crippen molar-refractivity contribution in [1.29, 1.82) is 0 Å². The summed E-state index contributed by atoms with van der Waals surface area (Å²) in [4.78, 5) is 29.8. The molecule has 1 heterocycles. The molecule has 176 valence electrons. The van der Waals surface area contributed by atoms with Gasteiger partial charge >= 0.3 is 0 Å². The molecule has 1 amide bonds. The van der Waals surface area contributed by atoms with Crippen molar-refractivity contribution in [2.45, 2.75) is 26.3 Å². The molecule has 33 heavy (non-hydrogen) atoms. The Labute approximate surface area is 195 Å². The second-order valence-corrected chi connectivity index (χ2v) is 8.33. The molecule has 2 aromatic carbocycles. The summed E-state index contributed by atoms with van der Waals surface area (Å²) in [5.74, 6) is -0.0950. The molecule has 1 fully saturated rings. The van der Waals surface area contributed by atoms with Gasteiger partial charge in [-0.25, -0.2) is 0 Å². The molecule has 0 aliphatic carbocycles. The van der Waals surface area contributed by atoms with Crippen molar-refractivity contribution in [3.05, 3.63) is 64.7 Å². The Kier molecular flexibility index (Phi) is 7.76. The van der Waals surface area contributed by atoms with Crippen LogP contribution in [0.4, 0.5) is 0 Å². The van der Waals surface area contributed by atoms with Gasteiger partial charge in [-0.2, -0.15) is 0 Å². The molecule has 1 atom stereocenters. The first-order valence-electron chi connectivity index (χ1n) is 11.1. The van der Waals surface area contributed by atoms with Crippen molar-refractivity contribution < 1.29 is 24.2 Å². The van der Waals surface area contributed by atoms with E-state index < -0.39 is 17.7 Å². The number of aliphatic hydroxyl groups excluding tert-OH is 1. The molecular formula is C26H32N2O5. The van der Waals surface area contributed by atoms with E-state index in [9.17, 15) is 14.7 Å². The van der Waals surface area contributed by atoms with Gasteiger partial charge < -0.3 is 24.4 Å². The second kappa shape index (κ2) is 10.5. The van der Waals surface area contributed by atoms with Gasteiger partial charge in [-0.15, -0.1) is 0 Å². The Balaban J connectivity index is 2.09. The van der Waals surface area contributed by atoms with Gasteiger partial charge in [0.1, 0.15) is 17.3 Å². The van der Waals surface area contributed by atoms with Crippen LogP contribution in [0.5, 0.6) is 11.5 Å². The number of ketones is 1. The fraction of sp³-hybridized carbons (Fsp3) is 0.385. The topological polar surface area (TPSA) is 79.3 Å². The van der Waals surface area contributed by atoms with Gasteiger partial charge in [0.25, 0.3) is 11.7 Å². The highest BCUT2D eigenvalue weighted by atomic mass is 16.5. The minimum Gasteiger partial charge on any atom is -0.507 e. The number of benzene rings is 2. The Morgan fingerprint density at radius 3 is 2.33 bits per heavy atom. The van der Waals surface area contributed by atoms with E-state index >= 15 is 0 Å². The van der Waals surface area contributed by atoms with Crippen LogP contribution in [0.15, 0.2) is 48.0 Å². The molecule has 0 saturated carbocycles. The van der Waals surface area contributed by atoms with Gasteiger partial charge in [0, 0.05) is 12.1 Å². The van der Waals surface area contributed by atoms with E-state index in [1.54, 1.807) is 30.2 Å². The SMILES string of the molecule is CCOc1ccc([C@@H]2C(=C(O)c3ccc(OC)cc3C)C(=O)C(=O)N2CCCN(C)C)cc1. The Morgan fingerprint density at radius 2 is 1.76 bits per heavy atom. The average molecular weight is 453 g/mol. The van der Waals surface area contributed by atoms with Crippen LogP contribution < -0.4 is 9.47 Å². The molecule has 7 nitrogen and oxygen atoms in total. The highest BCUT2D eigenvalue weighted by Gasteiger charge is 2.45. The maximum absolute atomic E-state index is 13.1. The van der Waals surface area contributed by atoms with Crippen LogP contribution in [0.2, 0.25) is 0 Å². The maximum Gasteiger partial charge on any atom is 0.295 e. The normalized spacial score (nSPS) is 17.6. The number of ether oxygens (including phenoxy) is 2. The Bertz CT molecular complexity index is 1040. The Hall–Kier alpha value is -3.32. The molecule has 0 spiro atoms. The molecule has 7 heteroatoms. The lowest BCUT2D eigenvalue weighted by Gasteiger charge is -2.26. The second-order valence-electron chi connectivity index (χ2n) is 8.33. The van der Waals surface area contributed by atoms with Crippen molar-refractivity contribution in [3.63, 3.8) is 0 Å². The first-order chi connectivity index (χ1) is 15.8. The molecule has 0 radical (unpaired) electrons. The van der Waals surface area contributed by atoms with Crippen LogP contribution in [0.3, 0.4) is 0 Å². The van der Waals surface area contributed by atoms with Crippen LogP contribution in [0.1, 0.15) is 36.1 Å². The predicted molar refractivity (Wildman–Crippen MR) is 128 cm³/mol. The number of aryl methyl sites for hydroxylation is 1. The van der Waals surface area contributed by atoms with Crippen molar-refractivity contribution in [3.8, 4) is 11.5 Å². The lowest BCUT2D eigenvalue weighted by atomic mass is 9.93. The van der Waals surface area contributed by atoms with Crippen LogP contribution in [0.25, 0.3) is 5.76 Å². The Morgan fingerprint density at radius 1 is 1.09 bits per heavy atom. The summed E-state index contributed by atoms with van der Waals surface area (Å²) in [7, 11) is 5.49. The van der Waals surface area contributed by atoms with Crippen molar-refractivity contribution in [2.24, 2.45) is 0 Å². The predicted octanol–water partition coefficient (Wildman–Crippen LogP) is 3.78. The lowest BCUT2D eigenvalue weighted by molar-refractivity contribution is -0.139. The number of carbonyl (C=O) groups is 2. The van der Waals surface area contributed by atoms with Crippen LogP contribution in [0, 0.1) is 6.92 Å². The van der Waals surface area contributed by atoms with E-state index in [2.05, 4.69) is 0 Å². The minimum absolute atomic E-state index is 0.0993. The fourth-order valence-electron chi connectivity index (χ4n) is 4.10. The minimum atomic E-state index is -0.677. The number of hydrogen-bond donors (Lipinski definition) is 1. The first kappa shape index (κ1) is 24.3. The van der Waals surface area contributed by atoms with Gasteiger partial charge in [0.05, 0.1) is 25.3 Å². The third-order valence-electron chi connectivity index (χ3n) is 5.74. The standard InChI is InChI=1S/C26H32N2O5/c1-6-33-19-10-8-18(9-11-19)23-22(24(29)21-13-12-20(32-5)16-17(21)2)25(30)26(31)28(23)15-7-14-27(3)4/h8-13,16,23,29H,6-7,14-15H2,1-5H3/t23-/m1/s1. The number of rotatable bonds is 9. The monoisotopic (exact) mass is 452 g/mol. The number of carbonyl (C=O) groups excluding carboxylic acids is 2. The number of hydrogen-bond acceptors (Lipinski definition) is 6. The fourth-order valence-corrected chi connectivity index (χ4v) is 4.10. The van der Waals surface area contributed by atoms with Gasteiger partial charge in [-0.05, 0) is 82.4 Å². The van der Waals surface area contributed by atoms with Crippen LogP contribution in [-0.4, -0.2) is 67.5 Å². The van der Waals surface area contributed by atoms with E-state index in [0.29, 0.717) is 36.6 Å². The molecule has 1 saturated heterocycles. The third-order valence-corrected chi connectivity index (χ3v) is 5.74. The zero-order valence-corrected chi connectivity index (χ0v) is 19.9. The van der Waals surface area contributed by atoms with Gasteiger partial charge in [0.2, 0.25) is 0 Å². The summed E-state index contributed by atoms with van der Waals surface area (Å²) in [6.45, 7) is 5.45. The number of aliphatic hydroxyl groups is 1. The van der Waals surface area contributed by atoms with Crippen LogP contribution >= 0.6 is 0 Å². The van der Waals surface area contributed by atoms with Crippen molar-refractivity contribution in [2.75, 3.05) is 40.9 Å². The van der Waals surface area contributed by atoms with E-state index in [1.807, 2.05) is 57.1 Å². The van der Waals surface area contributed by atoms with E-state index in [1.165, 1.54) is 0 Å². The molecule has 1 aliphatic rings. The van der Waals surface area contributed by atoms with Crippen LogP contribution in [-0.2, 0) is 9.59 Å². The first-order valence-corrected chi connectivity index (χ1v) is 11.1. The largest absolute Gasteiger partial charge is 0.507 e. The number of nitrogens with zero attached hydrogens (tertiary/aromatic N) is 2. The molecule has 0 unspecified atom stereocenters. The average Bonchev–Trinajstić information content (AvgIpc) is 3.04. The highest BCUT2D eigenvalue weighted by molar-refractivity contribution is 6.46. The van der Waals surface area contributed by atoms with E-state index in [0.717, 1.165) is 17.7 Å². The van der Waals surface area contributed by atoms with Gasteiger partial charge in [-0.3, -0.25) is 9.59 Å². The third kappa shape index (κ3) is 5.20. The summed E-state index contributed by atoms with van der Waals surface area (Å²) in [5, 5.41) is 11.3. The smallest absolute Gasteiger partial charge is 0.295 e. The summed E-state index contributed by atoms with van der Waals surface area (Å²) in [6, 6.07) is 11.9. The maximum atomic E-state index is 13.1. The number of likely N-dealkylation sites (tertiary alicyclic amines) is 1. The van der Waals surface area contributed by atoms with E-state index in [4.69, 9.17) is 9.47 Å². The zero-order valence-electron chi connectivity index (χ0n) is 19.9. The summed E-state index contributed by atoms with van der Waals surface area (Å²) in [5.41, 5.74) is 2.09. The summed E-state index contributed by atoms with van der Waals surface area (Å²) in [6.07, 6.45) is 0.704. The summed E-state index contributed by atoms with van der Waals surface area (Å²) < 4.78 is 10.8. The lowest BCUT2D eigenvalue weighted by Crippen LogP contribution is -2.32. The molecule has 2 aromatic rings. The molecule has 1 aliphatic heterocycles. The highest BCUT2D eigenvalue weighted by Crippen LogP contribution is 2.40. The molecule has 0 bridgehead atoms. The zero-order chi connectivity index (χ0) is 24.1. The molecule has 0 aromatic heterocycles.